The minimum atomic E-state index is -1.31. The number of carboxylic acid groups (broad SMARTS) is 1. The fourth-order valence-corrected chi connectivity index (χ4v) is 1.77. The Labute approximate surface area is 95.8 Å². The number of thioether (sulfide) groups is 1. The summed E-state index contributed by atoms with van der Waals surface area (Å²) in [7, 11) is 0. The summed E-state index contributed by atoms with van der Waals surface area (Å²) >= 11 is 1.38. The van der Waals surface area contributed by atoms with Crippen LogP contribution < -0.4 is 0 Å². The number of hydrogen-bond donors (Lipinski definition) is 1. The summed E-state index contributed by atoms with van der Waals surface area (Å²) in [6.07, 6.45) is 1.91. The highest BCUT2D eigenvalue weighted by atomic mass is 32.2. The summed E-state index contributed by atoms with van der Waals surface area (Å²) in [6, 6.07) is 1.24. The Bertz CT molecular complexity index is 422. The standard InChI is InChI=1S/C9H10N2O4S/c1-2-3-16-8-4-6(9(12)13)7(5-10-8)11(14)15/h4-5H,2-3H2,1H3,(H,12,13). The molecule has 86 valence electrons. The van der Waals surface area contributed by atoms with Gasteiger partial charge in [-0.05, 0) is 18.2 Å². The van der Waals surface area contributed by atoms with Gasteiger partial charge in [-0.2, -0.15) is 0 Å². The van der Waals surface area contributed by atoms with Crippen molar-refractivity contribution in [2.45, 2.75) is 18.4 Å². The molecule has 0 fully saturated rings. The van der Waals surface area contributed by atoms with Gasteiger partial charge in [0.1, 0.15) is 11.8 Å². The maximum atomic E-state index is 10.8. The summed E-state index contributed by atoms with van der Waals surface area (Å²) in [4.78, 5) is 24.5. The number of hydrogen-bond acceptors (Lipinski definition) is 5. The maximum absolute atomic E-state index is 10.8. The smallest absolute Gasteiger partial charge is 0.342 e. The molecule has 0 unspecified atom stereocenters. The van der Waals surface area contributed by atoms with Crippen molar-refractivity contribution in [2.24, 2.45) is 0 Å². The molecule has 1 rings (SSSR count). The van der Waals surface area contributed by atoms with Gasteiger partial charge in [0.2, 0.25) is 0 Å². The van der Waals surface area contributed by atoms with Gasteiger partial charge in [-0.1, -0.05) is 6.92 Å². The lowest BCUT2D eigenvalue weighted by Gasteiger charge is -2.01. The van der Waals surface area contributed by atoms with Crippen molar-refractivity contribution < 1.29 is 14.8 Å². The quantitative estimate of drug-likeness (QED) is 0.483. The molecular formula is C9H10N2O4S. The predicted octanol–water partition coefficient (Wildman–Crippen LogP) is 2.19. The van der Waals surface area contributed by atoms with Crippen LogP contribution in [-0.2, 0) is 0 Å². The molecule has 0 saturated carbocycles. The summed E-state index contributed by atoms with van der Waals surface area (Å²) in [5, 5.41) is 19.9. The molecule has 1 N–H and O–H groups in total. The van der Waals surface area contributed by atoms with Crippen molar-refractivity contribution in [1.82, 2.24) is 4.98 Å². The monoisotopic (exact) mass is 242 g/mol. The third-order valence-corrected chi connectivity index (χ3v) is 2.87. The number of carbonyl (C=O) groups is 1. The number of nitrogens with zero attached hydrogens (tertiary/aromatic N) is 2. The highest BCUT2D eigenvalue weighted by Crippen LogP contribution is 2.23. The van der Waals surface area contributed by atoms with E-state index in [-0.39, 0.29) is 5.56 Å². The largest absolute Gasteiger partial charge is 0.477 e. The van der Waals surface area contributed by atoms with E-state index in [9.17, 15) is 14.9 Å². The minimum Gasteiger partial charge on any atom is -0.477 e. The average Bonchev–Trinajstić information content (AvgIpc) is 2.25. The fraction of sp³-hybridized carbons (Fsp3) is 0.333. The summed E-state index contributed by atoms with van der Waals surface area (Å²) < 4.78 is 0. The first kappa shape index (κ1) is 12.4. The molecular weight excluding hydrogens is 232 g/mol. The van der Waals surface area contributed by atoms with Gasteiger partial charge in [0.25, 0.3) is 0 Å². The van der Waals surface area contributed by atoms with Crippen LogP contribution in [0.25, 0.3) is 0 Å². The second-order valence-electron chi connectivity index (χ2n) is 2.95. The lowest BCUT2D eigenvalue weighted by atomic mass is 10.2. The topological polar surface area (TPSA) is 93.3 Å². The van der Waals surface area contributed by atoms with Crippen molar-refractivity contribution in [3.8, 4) is 0 Å². The molecule has 0 saturated heterocycles. The van der Waals surface area contributed by atoms with Crippen molar-refractivity contribution >= 4 is 23.4 Å². The van der Waals surface area contributed by atoms with E-state index in [1.165, 1.54) is 17.8 Å². The second kappa shape index (κ2) is 5.45. The number of aromatic nitrogens is 1. The Balaban J connectivity index is 3.07. The number of pyridine rings is 1. The molecule has 0 spiro atoms. The van der Waals surface area contributed by atoms with Crippen LogP contribution in [0.5, 0.6) is 0 Å². The number of aromatic carboxylic acids is 1. The van der Waals surface area contributed by atoms with E-state index in [1.54, 1.807) is 0 Å². The normalized spacial score (nSPS) is 10.1. The second-order valence-corrected chi connectivity index (χ2v) is 4.07. The zero-order valence-corrected chi connectivity index (χ0v) is 9.36. The van der Waals surface area contributed by atoms with Gasteiger partial charge < -0.3 is 5.11 Å². The van der Waals surface area contributed by atoms with Gasteiger partial charge in [-0.3, -0.25) is 10.1 Å². The fourth-order valence-electron chi connectivity index (χ4n) is 1.03. The Hall–Kier alpha value is -1.63. The molecule has 0 aliphatic carbocycles. The molecule has 6 nitrogen and oxygen atoms in total. The molecule has 0 aliphatic rings. The Morgan fingerprint density at radius 1 is 1.69 bits per heavy atom. The van der Waals surface area contributed by atoms with Crippen LogP contribution in [0.3, 0.4) is 0 Å². The third kappa shape index (κ3) is 2.93. The highest BCUT2D eigenvalue weighted by Gasteiger charge is 2.20. The van der Waals surface area contributed by atoms with E-state index < -0.39 is 16.6 Å². The van der Waals surface area contributed by atoms with Crippen LogP contribution in [0.1, 0.15) is 23.7 Å². The lowest BCUT2D eigenvalue weighted by Crippen LogP contribution is -2.03. The van der Waals surface area contributed by atoms with Gasteiger partial charge in [-0.25, -0.2) is 9.78 Å². The molecule has 1 aromatic rings. The van der Waals surface area contributed by atoms with Crippen LogP contribution in [0.2, 0.25) is 0 Å². The average molecular weight is 242 g/mol. The summed E-state index contributed by atoms with van der Waals surface area (Å²) in [5.74, 6) is -0.517. The molecule has 0 amide bonds. The van der Waals surface area contributed by atoms with Gasteiger partial charge >= 0.3 is 11.7 Å². The molecule has 0 aromatic carbocycles. The number of carboxylic acids is 1. The van der Waals surface area contributed by atoms with Crippen LogP contribution in [-0.4, -0.2) is 26.7 Å². The van der Waals surface area contributed by atoms with Crippen LogP contribution in [0.4, 0.5) is 5.69 Å². The summed E-state index contributed by atoms with van der Waals surface area (Å²) in [5.41, 5.74) is -0.799. The molecule has 0 radical (unpaired) electrons. The minimum absolute atomic E-state index is 0.321. The molecule has 1 heterocycles. The molecule has 0 atom stereocenters. The lowest BCUT2D eigenvalue weighted by molar-refractivity contribution is -0.385. The van der Waals surface area contributed by atoms with Crippen LogP contribution in [0.15, 0.2) is 17.3 Å². The van der Waals surface area contributed by atoms with Crippen LogP contribution in [0, 0.1) is 10.1 Å². The maximum Gasteiger partial charge on any atom is 0.342 e. The number of rotatable bonds is 5. The van der Waals surface area contributed by atoms with Gasteiger partial charge in [0, 0.05) is 0 Å². The predicted molar refractivity (Wildman–Crippen MR) is 58.9 cm³/mol. The Morgan fingerprint density at radius 3 is 2.88 bits per heavy atom. The van der Waals surface area contributed by atoms with E-state index >= 15 is 0 Å². The number of nitro groups is 1. The molecule has 0 bridgehead atoms. The van der Waals surface area contributed by atoms with Crippen molar-refractivity contribution in [1.29, 1.82) is 0 Å². The molecule has 1 aromatic heterocycles. The zero-order chi connectivity index (χ0) is 12.1. The van der Waals surface area contributed by atoms with E-state index in [0.29, 0.717) is 5.03 Å². The van der Waals surface area contributed by atoms with Crippen LogP contribution >= 0.6 is 11.8 Å². The zero-order valence-electron chi connectivity index (χ0n) is 8.54. The SMILES string of the molecule is CCCSc1cc(C(=O)O)c([N+](=O)[O-])cn1. The molecule has 16 heavy (non-hydrogen) atoms. The first-order valence-corrected chi connectivity index (χ1v) is 5.55. The third-order valence-electron chi connectivity index (χ3n) is 1.74. The molecule has 0 aliphatic heterocycles. The van der Waals surface area contributed by atoms with E-state index in [4.69, 9.17) is 5.11 Å². The highest BCUT2D eigenvalue weighted by molar-refractivity contribution is 7.99. The Morgan fingerprint density at radius 2 is 2.38 bits per heavy atom. The van der Waals surface area contributed by atoms with Gasteiger partial charge in [-0.15, -0.1) is 11.8 Å². The van der Waals surface area contributed by atoms with E-state index in [1.807, 2.05) is 6.92 Å². The van der Waals surface area contributed by atoms with Gasteiger partial charge in [0.05, 0.1) is 9.95 Å². The van der Waals surface area contributed by atoms with E-state index in [2.05, 4.69) is 4.98 Å². The van der Waals surface area contributed by atoms with E-state index in [0.717, 1.165) is 18.4 Å². The Kier molecular flexibility index (Phi) is 4.24. The van der Waals surface area contributed by atoms with Crippen molar-refractivity contribution in [3.63, 3.8) is 0 Å². The van der Waals surface area contributed by atoms with Gasteiger partial charge in [0.15, 0.2) is 0 Å². The van der Waals surface area contributed by atoms with Crippen molar-refractivity contribution in [3.05, 3.63) is 27.9 Å². The first-order chi connectivity index (χ1) is 7.56. The molecule has 7 heteroatoms. The summed E-state index contributed by atoms with van der Waals surface area (Å²) in [6.45, 7) is 1.98. The van der Waals surface area contributed by atoms with Crippen molar-refractivity contribution in [2.75, 3.05) is 5.75 Å². The first-order valence-electron chi connectivity index (χ1n) is 4.56.